The minimum Gasteiger partial charge on any atom is -0.314 e. The number of nitrogens with zero attached hydrogens (tertiary/aromatic N) is 2. The maximum absolute atomic E-state index is 11.8. The molecule has 2 N–H and O–H groups in total. The van der Waals surface area contributed by atoms with E-state index in [4.69, 9.17) is 0 Å². The number of piperazine rings is 1. The van der Waals surface area contributed by atoms with Gasteiger partial charge < -0.3 is 5.32 Å². The highest BCUT2D eigenvalue weighted by Crippen LogP contribution is 1.98. The fourth-order valence-corrected chi connectivity index (χ4v) is 2.82. The van der Waals surface area contributed by atoms with Gasteiger partial charge >= 0.3 is 0 Å². The summed E-state index contributed by atoms with van der Waals surface area (Å²) < 4.78 is 27.6. The Balaban J connectivity index is 2.35. The van der Waals surface area contributed by atoms with Gasteiger partial charge in [0.25, 0.3) is 10.2 Å². The Hall–Kier alpha value is -0.210. The summed E-state index contributed by atoms with van der Waals surface area (Å²) in [6, 6.07) is -0.0679. The molecule has 6 nitrogen and oxygen atoms in total. The van der Waals surface area contributed by atoms with Crippen LogP contribution in [-0.2, 0) is 10.2 Å². The third kappa shape index (κ3) is 5.31. The van der Waals surface area contributed by atoms with Crippen molar-refractivity contribution in [3.8, 4) is 0 Å². The Morgan fingerprint density at radius 3 is 2.47 bits per heavy atom. The van der Waals surface area contributed by atoms with E-state index in [1.165, 1.54) is 4.31 Å². The third-order valence-corrected chi connectivity index (χ3v) is 4.51. The van der Waals surface area contributed by atoms with Crippen molar-refractivity contribution in [3.05, 3.63) is 0 Å². The molecule has 0 radical (unpaired) electrons. The summed E-state index contributed by atoms with van der Waals surface area (Å²) >= 11 is 0. The van der Waals surface area contributed by atoms with Gasteiger partial charge in [-0.2, -0.15) is 17.4 Å². The summed E-state index contributed by atoms with van der Waals surface area (Å²) in [6.45, 7) is 8.92. The van der Waals surface area contributed by atoms with E-state index in [1.807, 2.05) is 13.8 Å². The molecule has 1 saturated heterocycles. The van der Waals surface area contributed by atoms with Gasteiger partial charge in [0.15, 0.2) is 0 Å². The number of nitrogens with one attached hydrogen (secondary N) is 2. The van der Waals surface area contributed by atoms with E-state index in [2.05, 4.69) is 14.9 Å². The average Bonchev–Trinajstić information content (AvgIpc) is 2.25. The van der Waals surface area contributed by atoms with E-state index in [-0.39, 0.29) is 6.04 Å². The molecule has 17 heavy (non-hydrogen) atoms. The van der Waals surface area contributed by atoms with Crippen LogP contribution in [0.25, 0.3) is 0 Å². The molecule has 0 aromatic carbocycles. The molecule has 0 aromatic rings. The van der Waals surface area contributed by atoms with Crippen molar-refractivity contribution in [3.63, 3.8) is 0 Å². The van der Waals surface area contributed by atoms with Crippen LogP contribution >= 0.6 is 0 Å². The van der Waals surface area contributed by atoms with Crippen LogP contribution in [0.3, 0.4) is 0 Å². The second-order valence-corrected chi connectivity index (χ2v) is 6.50. The minimum atomic E-state index is -3.32. The van der Waals surface area contributed by atoms with Crippen LogP contribution in [0.15, 0.2) is 0 Å². The first kappa shape index (κ1) is 14.8. The molecule has 0 atom stereocenters. The Morgan fingerprint density at radius 1 is 1.35 bits per heavy atom. The van der Waals surface area contributed by atoms with Crippen LogP contribution in [0.5, 0.6) is 0 Å². The van der Waals surface area contributed by atoms with Gasteiger partial charge in [0.1, 0.15) is 0 Å². The molecule has 102 valence electrons. The van der Waals surface area contributed by atoms with Crippen LogP contribution in [0.2, 0.25) is 0 Å². The largest absolute Gasteiger partial charge is 0.314 e. The van der Waals surface area contributed by atoms with Crippen molar-refractivity contribution in [2.24, 2.45) is 0 Å². The van der Waals surface area contributed by atoms with Gasteiger partial charge in [-0.1, -0.05) is 0 Å². The predicted molar refractivity (Wildman–Crippen MR) is 69.1 cm³/mol. The predicted octanol–water partition coefficient (Wildman–Crippen LogP) is -0.934. The molecule has 1 aliphatic heterocycles. The smallest absolute Gasteiger partial charge is 0.279 e. The Bertz CT molecular complexity index is 312. The topological polar surface area (TPSA) is 64.7 Å². The van der Waals surface area contributed by atoms with Gasteiger partial charge in [-0.25, -0.2) is 0 Å². The van der Waals surface area contributed by atoms with Crippen LogP contribution in [0, 0.1) is 0 Å². The van der Waals surface area contributed by atoms with Crippen LogP contribution in [0.1, 0.15) is 13.8 Å². The highest BCUT2D eigenvalue weighted by Gasteiger charge is 2.19. The number of likely N-dealkylation sites (N-methyl/N-ethyl adjacent to an activating group) is 1. The highest BCUT2D eigenvalue weighted by atomic mass is 32.2. The molecule has 1 aliphatic rings. The molecule has 0 amide bonds. The molecule has 0 bridgehead atoms. The maximum Gasteiger partial charge on any atom is 0.279 e. The minimum absolute atomic E-state index is 0.0679. The molecule has 1 rings (SSSR count). The highest BCUT2D eigenvalue weighted by molar-refractivity contribution is 7.87. The third-order valence-electron chi connectivity index (χ3n) is 2.74. The SMILES string of the molecule is CC(C)NS(=O)(=O)N(C)CCN1CCNCC1. The van der Waals surface area contributed by atoms with Crippen molar-refractivity contribution in [2.75, 3.05) is 46.3 Å². The monoisotopic (exact) mass is 264 g/mol. The summed E-state index contributed by atoms with van der Waals surface area (Å²) in [6.07, 6.45) is 0. The zero-order valence-electron chi connectivity index (χ0n) is 10.9. The van der Waals surface area contributed by atoms with Crippen molar-refractivity contribution in [2.45, 2.75) is 19.9 Å². The molecule has 0 unspecified atom stereocenters. The lowest BCUT2D eigenvalue weighted by atomic mass is 10.3. The molecule has 1 fully saturated rings. The van der Waals surface area contributed by atoms with Crippen LogP contribution in [-0.4, -0.2) is 70.0 Å². The zero-order valence-corrected chi connectivity index (χ0v) is 11.8. The van der Waals surface area contributed by atoms with Gasteiger partial charge in [0.05, 0.1) is 0 Å². The first-order valence-corrected chi connectivity index (χ1v) is 7.52. The lowest BCUT2D eigenvalue weighted by Gasteiger charge is -2.29. The Labute approximate surface area is 105 Å². The summed E-state index contributed by atoms with van der Waals surface area (Å²) in [5.74, 6) is 0. The molecule has 0 aliphatic carbocycles. The van der Waals surface area contributed by atoms with E-state index >= 15 is 0 Å². The molecular weight excluding hydrogens is 240 g/mol. The lowest BCUT2D eigenvalue weighted by molar-refractivity contribution is 0.229. The number of rotatable bonds is 6. The second kappa shape index (κ2) is 6.65. The summed E-state index contributed by atoms with van der Waals surface area (Å²) in [5.41, 5.74) is 0. The molecule has 0 saturated carbocycles. The summed E-state index contributed by atoms with van der Waals surface area (Å²) in [5, 5.41) is 3.27. The van der Waals surface area contributed by atoms with Crippen molar-refractivity contribution in [1.82, 2.24) is 19.2 Å². The van der Waals surface area contributed by atoms with Gasteiger partial charge in [-0.05, 0) is 13.8 Å². The number of hydrogen-bond acceptors (Lipinski definition) is 4. The average molecular weight is 264 g/mol. The fourth-order valence-electron chi connectivity index (χ4n) is 1.73. The van der Waals surface area contributed by atoms with Gasteiger partial charge in [-0.15, -0.1) is 0 Å². The first-order chi connectivity index (χ1) is 7.92. The quantitative estimate of drug-likeness (QED) is 0.650. The second-order valence-electron chi connectivity index (χ2n) is 4.69. The van der Waals surface area contributed by atoms with Crippen molar-refractivity contribution >= 4 is 10.2 Å². The molecule has 7 heteroatoms. The fraction of sp³-hybridized carbons (Fsp3) is 1.00. The van der Waals surface area contributed by atoms with Gasteiger partial charge in [-0.3, -0.25) is 4.90 Å². The van der Waals surface area contributed by atoms with Crippen LogP contribution < -0.4 is 10.0 Å². The Kier molecular flexibility index (Phi) is 5.81. The number of hydrogen-bond donors (Lipinski definition) is 2. The lowest BCUT2D eigenvalue weighted by Crippen LogP contribution is -2.48. The standard InChI is InChI=1S/C10H24N4O2S/c1-10(2)12-17(15,16)13(3)8-9-14-6-4-11-5-7-14/h10-12H,4-9H2,1-3H3. The van der Waals surface area contributed by atoms with E-state index in [9.17, 15) is 8.42 Å². The maximum atomic E-state index is 11.8. The molecule has 0 aromatic heterocycles. The molecular formula is C10H24N4O2S. The molecule has 1 heterocycles. The summed E-state index contributed by atoms with van der Waals surface area (Å²) in [7, 11) is -1.70. The Morgan fingerprint density at radius 2 is 1.94 bits per heavy atom. The van der Waals surface area contributed by atoms with Crippen molar-refractivity contribution in [1.29, 1.82) is 0 Å². The van der Waals surface area contributed by atoms with E-state index in [0.29, 0.717) is 6.54 Å². The summed E-state index contributed by atoms with van der Waals surface area (Å²) in [4.78, 5) is 2.28. The van der Waals surface area contributed by atoms with Gasteiger partial charge in [0.2, 0.25) is 0 Å². The van der Waals surface area contributed by atoms with Crippen molar-refractivity contribution < 1.29 is 8.42 Å². The van der Waals surface area contributed by atoms with E-state index in [1.54, 1.807) is 7.05 Å². The van der Waals surface area contributed by atoms with Gasteiger partial charge in [0, 0.05) is 52.4 Å². The van der Waals surface area contributed by atoms with Crippen LogP contribution in [0.4, 0.5) is 0 Å². The van der Waals surface area contributed by atoms with E-state index in [0.717, 1.165) is 32.7 Å². The zero-order chi connectivity index (χ0) is 12.9. The first-order valence-electron chi connectivity index (χ1n) is 6.08. The normalized spacial score (nSPS) is 19.1. The molecule has 0 spiro atoms. The van der Waals surface area contributed by atoms with E-state index < -0.39 is 10.2 Å².